The molecule has 1 aliphatic rings. The third-order valence-electron chi connectivity index (χ3n) is 2.67. The lowest BCUT2D eigenvalue weighted by molar-refractivity contribution is -0.117. The third-order valence-corrected chi connectivity index (χ3v) is 3.51. The molecule has 1 aliphatic heterocycles. The molecule has 86 valence electrons. The summed E-state index contributed by atoms with van der Waals surface area (Å²) in [4.78, 5) is 15.9. The Bertz CT molecular complexity index is 402. The Morgan fingerprint density at radius 3 is 3.12 bits per heavy atom. The molecule has 0 bridgehead atoms. The van der Waals surface area contributed by atoms with Crippen LogP contribution in [0.1, 0.15) is 18.4 Å². The molecule has 1 amide bonds. The molecule has 1 aromatic rings. The lowest BCUT2D eigenvalue weighted by Gasteiger charge is -2.10. The average Bonchev–Trinajstić information content (AvgIpc) is 2.77. The van der Waals surface area contributed by atoms with Crippen molar-refractivity contribution in [3.63, 3.8) is 0 Å². The summed E-state index contributed by atoms with van der Waals surface area (Å²) >= 11 is 3.37. The van der Waals surface area contributed by atoms with Gasteiger partial charge in [0.2, 0.25) is 5.91 Å². The van der Waals surface area contributed by atoms with Gasteiger partial charge in [0.15, 0.2) is 0 Å². The molecule has 1 aromatic heterocycles. The predicted molar refractivity (Wildman–Crippen MR) is 66.3 cm³/mol. The summed E-state index contributed by atoms with van der Waals surface area (Å²) in [5, 5.41) is 5.97. The van der Waals surface area contributed by atoms with Crippen LogP contribution in [0.15, 0.2) is 16.7 Å². The second-order valence-electron chi connectivity index (χ2n) is 3.96. The zero-order valence-electron chi connectivity index (χ0n) is 9.09. The monoisotopic (exact) mass is 283 g/mol. The largest absolute Gasteiger partial charge is 0.309 e. The number of hydrogen-bond acceptors (Lipinski definition) is 3. The first-order valence-corrected chi connectivity index (χ1v) is 6.12. The van der Waals surface area contributed by atoms with Crippen molar-refractivity contribution in [1.29, 1.82) is 0 Å². The minimum Gasteiger partial charge on any atom is -0.309 e. The van der Waals surface area contributed by atoms with Crippen molar-refractivity contribution in [3.8, 4) is 0 Å². The van der Waals surface area contributed by atoms with Crippen LogP contribution >= 0.6 is 15.9 Å². The standard InChI is InChI=1S/C11H14BrN3O/c1-7-5-10(14-6-8(7)12)15-11(16)9-3-2-4-13-9/h5-6,9,13H,2-4H2,1H3,(H,14,15,16)/t9-/m0/s1. The van der Waals surface area contributed by atoms with Gasteiger partial charge in [-0.05, 0) is 53.9 Å². The van der Waals surface area contributed by atoms with Crippen molar-refractivity contribution in [2.45, 2.75) is 25.8 Å². The van der Waals surface area contributed by atoms with Gasteiger partial charge in [-0.3, -0.25) is 4.79 Å². The minimum atomic E-state index is -0.0641. The molecule has 1 saturated heterocycles. The van der Waals surface area contributed by atoms with Gasteiger partial charge in [0.25, 0.3) is 0 Å². The maximum Gasteiger partial charge on any atom is 0.242 e. The van der Waals surface area contributed by atoms with Crippen LogP contribution in [0.4, 0.5) is 5.82 Å². The van der Waals surface area contributed by atoms with Gasteiger partial charge < -0.3 is 10.6 Å². The number of hydrogen-bond donors (Lipinski definition) is 2. The van der Waals surface area contributed by atoms with E-state index in [0.29, 0.717) is 5.82 Å². The molecule has 2 heterocycles. The number of amides is 1. The number of aromatic nitrogens is 1. The van der Waals surface area contributed by atoms with Gasteiger partial charge in [0.1, 0.15) is 5.82 Å². The topological polar surface area (TPSA) is 54.0 Å². The molecule has 0 aliphatic carbocycles. The number of nitrogens with one attached hydrogen (secondary N) is 2. The number of carbonyl (C=O) groups is 1. The Hall–Kier alpha value is -0.940. The van der Waals surface area contributed by atoms with E-state index in [1.807, 2.05) is 13.0 Å². The minimum absolute atomic E-state index is 0.00622. The summed E-state index contributed by atoms with van der Waals surface area (Å²) in [6.07, 6.45) is 3.67. The fourth-order valence-corrected chi connectivity index (χ4v) is 1.95. The maximum absolute atomic E-state index is 11.8. The van der Waals surface area contributed by atoms with Gasteiger partial charge in [-0.2, -0.15) is 0 Å². The summed E-state index contributed by atoms with van der Waals surface area (Å²) in [5.74, 6) is 0.617. The molecule has 2 N–H and O–H groups in total. The molecule has 0 aromatic carbocycles. The number of halogens is 1. The Morgan fingerprint density at radius 2 is 2.50 bits per heavy atom. The molecule has 2 rings (SSSR count). The molecule has 16 heavy (non-hydrogen) atoms. The maximum atomic E-state index is 11.8. The van der Waals surface area contributed by atoms with Gasteiger partial charge in [-0.25, -0.2) is 4.98 Å². The van der Waals surface area contributed by atoms with Gasteiger partial charge >= 0.3 is 0 Å². The van der Waals surface area contributed by atoms with Crippen LogP contribution in [0, 0.1) is 6.92 Å². The van der Waals surface area contributed by atoms with Gasteiger partial charge in [-0.1, -0.05) is 0 Å². The summed E-state index contributed by atoms with van der Waals surface area (Å²) in [7, 11) is 0. The smallest absolute Gasteiger partial charge is 0.242 e. The molecular formula is C11H14BrN3O. The first kappa shape index (κ1) is 11.5. The SMILES string of the molecule is Cc1cc(NC(=O)[C@@H]2CCCN2)ncc1Br. The highest BCUT2D eigenvalue weighted by atomic mass is 79.9. The van der Waals surface area contributed by atoms with Gasteiger partial charge in [-0.15, -0.1) is 0 Å². The van der Waals surface area contributed by atoms with Gasteiger partial charge in [0.05, 0.1) is 6.04 Å². The normalized spacial score (nSPS) is 19.8. The molecule has 0 spiro atoms. The highest BCUT2D eigenvalue weighted by molar-refractivity contribution is 9.10. The molecule has 1 fully saturated rings. The number of pyridine rings is 1. The summed E-state index contributed by atoms with van der Waals surface area (Å²) < 4.78 is 0.949. The number of rotatable bonds is 2. The molecule has 0 saturated carbocycles. The van der Waals surface area contributed by atoms with Crippen molar-refractivity contribution in [2.24, 2.45) is 0 Å². The Labute approximate surface area is 103 Å². The second-order valence-corrected chi connectivity index (χ2v) is 4.81. The molecular weight excluding hydrogens is 270 g/mol. The van der Waals surface area contributed by atoms with Crippen LogP contribution in [0.3, 0.4) is 0 Å². The van der Waals surface area contributed by atoms with Crippen LogP contribution in [0.5, 0.6) is 0 Å². The number of aryl methyl sites for hydroxylation is 1. The summed E-state index contributed by atoms with van der Waals surface area (Å²) in [5.41, 5.74) is 1.06. The van der Waals surface area contributed by atoms with Crippen LogP contribution in [0.25, 0.3) is 0 Å². The van der Waals surface area contributed by atoms with E-state index in [9.17, 15) is 4.79 Å². The zero-order chi connectivity index (χ0) is 11.5. The lowest BCUT2D eigenvalue weighted by atomic mass is 10.2. The number of anilines is 1. The predicted octanol–water partition coefficient (Wildman–Crippen LogP) is 1.84. The van der Waals surface area contributed by atoms with E-state index in [-0.39, 0.29) is 11.9 Å². The first-order valence-electron chi connectivity index (χ1n) is 5.33. The Kier molecular flexibility index (Phi) is 3.56. The number of nitrogens with zero attached hydrogens (tertiary/aromatic N) is 1. The van der Waals surface area contributed by atoms with Crippen LogP contribution in [-0.4, -0.2) is 23.5 Å². The summed E-state index contributed by atoms with van der Waals surface area (Å²) in [6, 6.07) is 1.79. The fourth-order valence-electron chi connectivity index (χ4n) is 1.73. The summed E-state index contributed by atoms with van der Waals surface area (Å²) in [6.45, 7) is 2.89. The van der Waals surface area contributed by atoms with Crippen molar-refractivity contribution in [2.75, 3.05) is 11.9 Å². The van der Waals surface area contributed by atoms with E-state index in [1.54, 1.807) is 6.20 Å². The molecule has 5 heteroatoms. The molecule has 1 atom stereocenters. The number of carbonyl (C=O) groups excluding carboxylic acids is 1. The molecule has 0 radical (unpaired) electrons. The second kappa shape index (κ2) is 4.93. The highest BCUT2D eigenvalue weighted by Crippen LogP contribution is 2.17. The molecule has 4 nitrogen and oxygen atoms in total. The van der Waals surface area contributed by atoms with Crippen LogP contribution in [-0.2, 0) is 4.79 Å². The lowest BCUT2D eigenvalue weighted by Crippen LogP contribution is -2.35. The van der Waals surface area contributed by atoms with E-state index in [0.717, 1.165) is 29.4 Å². The van der Waals surface area contributed by atoms with Gasteiger partial charge in [0, 0.05) is 10.7 Å². The van der Waals surface area contributed by atoms with Crippen molar-refractivity contribution in [1.82, 2.24) is 10.3 Å². The van der Waals surface area contributed by atoms with E-state index in [1.165, 1.54) is 0 Å². The van der Waals surface area contributed by atoms with E-state index < -0.39 is 0 Å². The average molecular weight is 284 g/mol. The van der Waals surface area contributed by atoms with Crippen LogP contribution in [0.2, 0.25) is 0 Å². The van der Waals surface area contributed by atoms with E-state index in [2.05, 4.69) is 31.5 Å². The van der Waals surface area contributed by atoms with E-state index in [4.69, 9.17) is 0 Å². The highest BCUT2D eigenvalue weighted by Gasteiger charge is 2.22. The van der Waals surface area contributed by atoms with Crippen molar-refractivity contribution < 1.29 is 4.79 Å². The Morgan fingerprint density at radius 1 is 1.69 bits per heavy atom. The first-order chi connectivity index (χ1) is 7.66. The van der Waals surface area contributed by atoms with Crippen molar-refractivity contribution in [3.05, 3.63) is 22.3 Å². The quantitative estimate of drug-likeness (QED) is 0.871. The third kappa shape index (κ3) is 2.59. The van der Waals surface area contributed by atoms with Crippen LogP contribution < -0.4 is 10.6 Å². The Balaban J connectivity index is 2.02. The molecule has 0 unspecified atom stereocenters. The fraction of sp³-hybridized carbons (Fsp3) is 0.455. The zero-order valence-corrected chi connectivity index (χ0v) is 10.7. The van der Waals surface area contributed by atoms with Crippen molar-refractivity contribution >= 4 is 27.7 Å². The van der Waals surface area contributed by atoms with E-state index >= 15 is 0 Å².